The Morgan fingerprint density at radius 3 is 2.62 bits per heavy atom. The summed E-state index contributed by atoms with van der Waals surface area (Å²) in [5.41, 5.74) is 1.31. The molecule has 1 aliphatic heterocycles. The molecule has 1 fully saturated rings. The average molecular weight is 346 g/mol. The summed E-state index contributed by atoms with van der Waals surface area (Å²) in [6, 6.07) is 3.33. The molecule has 1 aliphatic rings. The van der Waals surface area contributed by atoms with Crippen LogP contribution in [0.2, 0.25) is 10.0 Å². The van der Waals surface area contributed by atoms with Gasteiger partial charge in [-0.1, -0.05) is 23.2 Å². The monoisotopic (exact) mass is 345 g/mol. The number of hydrogen-bond donors (Lipinski definition) is 1. The second kappa shape index (κ2) is 5.59. The maximum absolute atomic E-state index is 11.4. The number of rotatable bonds is 3. The van der Waals surface area contributed by atoms with Crippen LogP contribution in [0.1, 0.15) is 6.42 Å². The zero-order chi connectivity index (χ0) is 15.0. The molecule has 2 heterocycles. The molecule has 0 bridgehead atoms. The molecule has 0 amide bonds. The number of aromatic nitrogens is 2. The summed E-state index contributed by atoms with van der Waals surface area (Å²) >= 11 is 11.9. The summed E-state index contributed by atoms with van der Waals surface area (Å²) in [6.45, 7) is 0.570. The minimum Gasteiger partial charge on any atom is -0.368 e. The summed E-state index contributed by atoms with van der Waals surface area (Å²) < 4.78 is 22.8. The van der Waals surface area contributed by atoms with Crippen molar-refractivity contribution in [2.75, 3.05) is 23.4 Å². The molecular weight excluding hydrogens is 333 g/mol. The fraction of sp³-hybridized carbons (Fsp3) is 0.385. The number of sulfone groups is 1. The van der Waals surface area contributed by atoms with Crippen LogP contribution in [0.25, 0.3) is 11.0 Å². The van der Waals surface area contributed by atoms with Crippen LogP contribution < -0.4 is 5.32 Å². The van der Waals surface area contributed by atoms with Crippen LogP contribution in [-0.4, -0.2) is 36.4 Å². The van der Waals surface area contributed by atoms with Gasteiger partial charge in [-0.25, -0.2) is 13.4 Å². The smallest absolute Gasteiger partial charge is 0.150 e. The van der Waals surface area contributed by atoms with E-state index in [2.05, 4.69) is 15.3 Å². The largest absolute Gasteiger partial charge is 0.368 e. The van der Waals surface area contributed by atoms with Crippen LogP contribution in [-0.2, 0) is 9.84 Å². The zero-order valence-corrected chi connectivity index (χ0v) is 13.3. The number of benzene rings is 1. The Hall–Kier alpha value is -1.11. The first-order chi connectivity index (χ1) is 9.93. The van der Waals surface area contributed by atoms with Crippen LogP contribution >= 0.6 is 23.2 Å². The first-order valence-corrected chi connectivity index (χ1v) is 9.07. The van der Waals surface area contributed by atoms with Gasteiger partial charge in [0.1, 0.15) is 5.82 Å². The summed E-state index contributed by atoms with van der Waals surface area (Å²) in [6.07, 6.45) is 2.30. The quantitative estimate of drug-likeness (QED) is 0.925. The van der Waals surface area contributed by atoms with Crippen molar-refractivity contribution in [2.24, 2.45) is 5.92 Å². The van der Waals surface area contributed by atoms with Gasteiger partial charge in [-0.15, -0.1) is 0 Å². The number of anilines is 1. The summed E-state index contributed by atoms with van der Waals surface area (Å²) in [5, 5.41) is 4.00. The van der Waals surface area contributed by atoms with Crippen LogP contribution in [0.5, 0.6) is 0 Å². The highest BCUT2D eigenvalue weighted by Crippen LogP contribution is 2.26. The Morgan fingerprint density at radius 1 is 1.24 bits per heavy atom. The molecule has 5 nitrogen and oxygen atoms in total. The fourth-order valence-electron chi connectivity index (χ4n) is 2.38. The SMILES string of the molecule is O=S1(=O)CCC(CNc2cnc3cc(Cl)c(Cl)cc3n2)C1. The number of hydrogen-bond acceptors (Lipinski definition) is 5. The highest BCUT2D eigenvalue weighted by molar-refractivity contribution is 7.91. The Balaban J connectivity index is 1.74. The van der Waals surface area contributed by atoms with Crippen molar-refractivity contribution in [3.63, 3.8) is 0 Å². The predicted molar refractivity (Wildman–Crippen MR) is 84.8 cm³/mol. The van der Waals surface area contributed by atoms with Crippen molar-refractivity contribution in [3.05, 3.63) is 28.4 Å². The lowest BCUT2D eigenvalue weighted by Crippen LogP contribution is -2.16. The van der Waals surface area contributed by atoms with Crippen molar-refractivity contribution in [3.8, 4) is 0 Å². The predicted octanol–water partition coefficient (Wildman–Crippen LogP) is 2.78. The lowest BCUT2D eigenvalue weighted by molar-refractivity contribution is 0.595. The Kier molecular flexibility index (Phi) is 3.94. The molecular formula is C13H13Cl2N3O2S. The van der Waals surface area contributed by atoms with Crippen molar-refractivity contribution in [1.29, 1.82) is 0 Å². The lowest BCUT2D eigenvalue weighted by atomic mass is 10.1. The fourth-order valence-corrected chi connectivity index (χ4v) is 4.55. The van der Waals surface area contributed by atoms with Crippen LogP contribution in [0.3, 0.4) is 0 Å². The van der Waals surface area contributed by atoms with Gasteiger partial charge < -0.3 is 5.32 Å². The molecule has 0 saturated carbocycles. The second-order valence-corrected chi connectivity index (χ2v) is 8.20. The van der Waals surface area contributed by atoms with Crippen molar-refractivity contribution in [1.82, 2.24) is 9.97 Å². The maximum atomic E-state index is 11.4. The highest BCUT2D eigenvalue weighted by atomic mass is 35.5. The number of nitrogens with one attached hydrogen (secondary N) is 1. The van der Waals surface area contributed by atoms with E-state index in [1.807, 2.05) is 0 Å². The molecule has 1 unspecified atom stereocenters. The third-order valence-electron chi connectivity index (χ3n) is 3.48. The molecule has 21 heavy (non-hydrogen) atoms. The van der Waals surface area contributed by atoms with E-state index in [0.717, 1.165) is 0 Å². The minimum atomic E-state index is -2.85. The molecule has 1 N–H and O–H groups in total. The van der Waals surface area contributed by atoms with Gasteiger partial charge in [0, 0.05) is 6.54 Å². The molecule has 2 aromatic rings. The van der Waals surface area contributed by atoms with E-state index in [-0.39, 0.29) is 17.4 Å². The number of halogens is 2. The molecule has 1 aromatic heterocycles. The van der Waals surface area contributed by atoms with Crippen molar-refractivity contribution in [2.45, 2.75) is 6.42 Å². The van der Waals surface area contributed by atoms with Crippen LogP contribution in [0, 0.1) is 5.92 Å². The third kappa shape index (κ3) is 3.39. The van der Waals surface area contributed by atoms with E-state index >= 15 is 0 Å². The van der Waals surface area contributed by atoms with E-state index in [1.165, 1.54) is 0 Å². The summed E-state index contributed by atoms with van der Waals surface area (Å²) in [4.78, 5) is 8.68. The molecule has 0 aliphatic carbocycles. The van der Waals surface area contributed by atoms with Gasteiger partial charge in [-0.3, -0.25) is 4.98 Å². The Bertz CT molecular complexity index is 795. The number of nitrogens with zero attached hydrogens (tertiary/aromatic N) is 2. The molecule has 0 spiro atoms. The van der Waals surface area contributed by atoms with E-state index < -0.39 is 9.84 Å². The molecule has 112 valence electrons. The van der Waals surface area contributed by atoms with E-state index in [1.54, 1.807) is 18.3 Å². The van der Waals surface area contributed by atoms with Gasteiger partial charge in [0.05, 0.1) is 38.8 Å². The summed E-state index contributed by atoms with van der Waals surface area (Å²) in [5.74, 6) is 1.24. The standard InChI is InChI=1S/C13H13Cl2N3O2S/c14-9-3-11-12(4-10(9)15)18-13(6-16-11)17-5-8-1-2-21(19,20)7-8/h3-4,6,8H,1-2,5,7H2,(H,17,18). The van der Waals surface area contributed by atoms with Gasteiger partial charge in [-0.2, -0.15) is 0 Å². The van der Waals surface area contributed by atoms with Crippen molar-refractivity contribution >= 4 is 49.9 Å². The molecule has 8 heteroatoms. The van der Waals surface area contributed by atoms with E-state index in [9.17, 15) is 8.42 Å². The van der Waals surface area contributed by atoms with Gasteiger partial charge in [0.25, 0.3) is 0 Å². The van der Waals surface area contributed by atoms with Gasteiger partial charge in [0.2, 0.25) is 0 Å². The topological polar surface area (TPSA) is 72.0 Å². The molecule has 3 rings (SSSR count). The zero-order valence-electron chi connectivity index (χ0n) is 11.0. The maximum Gasteiger partial charge on any atom is 0.150 e. The normalized spacial score (nSPS) is 20.8. The Morgan fingerprint density at radius 2 is 1.95 bits per heavy atom. The van der Waals surface area contributed by atoms with Gasteiger partial charge in [-0.05, 0) is 24.5 Å². The molecule has 1 atom stereocenters. The molecule has 0 radical (unpaired) electrons. The van der Waals surface area contributed by atoms with Gasteiger partial charge >= 0.3 is 0 Å². The molecule has 1 saturated heterocycles. The van der Waals surface area contributed by atoms with Crippen LogP contribution in [0.15, 0.2) is 18.3 Å². The van der Waals surface area contributed by atoms with Gasteiger partial charge in [0.15, 0.2) is 9.84 Å². The Labute approximate surface area is 132 Å². The third-order valence-corrected chi connectivity index (χ3v) is 6.04. The first-order valence-electron chi connectivity index (χ1n) is 6.49. The van der Waals surface area contributed by atoms with Crippen molar-refractivity contribution < 1.29 is 8.42 Å². The van der Waals surface area contributed by atoms with Crippen LogP contribution in [0.4, 0.5) is 5.82 Å². The minimum absolute atomic E-state index is 0.126. The van der Waals surface area contributed by atoms with E-state index in [0.29, 0.717) is 39.9 Å². The summed E-state index contributed by atoms with van der Waals surface area (Å²) in [7, 11) is -2.85. The van der Waals surface area contributed by atoms with E-state index in [4.69, 9.17) is 23.2 Å². The second-order valence-electron chi connectivity index (χ2n) is 5.16. The average Bonchev–Trinajstić information content (AvgIpc) is 2.77. The molecule has 1 aromatic carbocycles. The first kappa shape index (κ1) is 14.8. The number of fused-ring (bicyclic) bond motifs is 1. The highest BCUT2D eigenvalue weighted by Gasteiger charge is 2.27. The lowest BCUT2D eigenvalue weighted by Gasteiger charge is -2.10.